The zero-order valence-electron chi connectivity index (χ0n) is 14.0. The molecule has 124 valence electrons. The molecule has 0 amide bonds. The van der Waals surface area contributed by atoms with Gasteiger partial charge < -0.3 is 4.90 Å². The van der Waals surface area contributed by atoms with Gasteiger partial charge in [-0.05, 0) is 38.1 Å². The molecule has 2 rings (SSSR count). The second-order valence-corrected chi connectivity index (χ2v) is 7.94. The summed E-state index contributed by atoms with van der Waals surface area (Å²) in [4.78, 5) is 6.59. The van der Waals surface area contributed by atoms with Crippen molar-refractivity contribution >= 4 is 10.8 Å². The molecule has 4 heteroatoms. The van der Waals surface area contributed by atoms with Crippen molar-refractivity contribution in [1.82, 2.24) is 9.88 Å². The number of pyridine rings is 1. The van der Waals surface area contributed by atoms with E-state index >= 15 is 0 Å². The zero-order chi connectivity index (χ0) is 16.5. The zero-order valence-corrected chi connectivity index (χ0v) is 14.8. The van der Waals surface area contributed by atoms with Gasteiger partial charge in [0.1, 0.15) is 0 Å². The highest BCUT2D eigenvalue weighted by Gasteiger charge is 2.13. The van der Waals surface area contributed by atoms with E-state index in [1.165, 1.54) is 5.56 Å². The van der Waals surface area contributed by atoms with Gasteiger partial charge in [-0.1, -0.05) is 36.4 Å². The van der Waals surface area contributed by atoms with Crippen LogP contribution in [0.1, 0.15) is 18.2 Å². The molecule has 0 radical (unpaired) electrons. The fourth-order valence-electron chi connectivity index (χ4n) is 2.53. The highest BCUT2D eigenvalue weighted by molar-refractivity contribution is 7.85. The van der Waals surface area contributed by atoms with Crippen LogP contribution in [-0.2, 0) is 23.6 Å². The second kappa shape index (κ2) is 9.58. The lowest BCUT2D eigenvalue weighted by Crippen LogP contribution is -2.32. The lowest BCUT2D eigenvalue weighted by molar-refractivity contribution is 0.340. The number of hydrogen-bond donors (Lipinski definition) is 0. The Morgan fingerprint density at radius 3 is 2.52 bits per heavy atom. The van der Waals surface area contributed by atoms with E-state index in [9.17, 15) is 4.21 Å². The number of rotatable bonds is 9. The fraction of sp³-hybridized carbons (Fsp3) is 0.421. The van der Waals surface area contributed by atoms with Gasteiger partial charge in [0, 0.05) is 53.2 Å². The quantitative estimate of drug-likeness (QED) is 0.709. The van der Waals surface area contributed by atoms with E-state index in [0.717, 1.165) is 37.4 Å². The number of benzene rings is 1. The van der Waals surface area contributed by atoms with Crippen molar-refractivity contribution in [3.63, 3.8) is 0 Å². The van der Waals surface area contributed by atoms with E-state index in [1.807, 2.05) is 36.5 Å². The van der Waals surface area contributed by atoms with Gasteiger partial charge in [0.15, 0.2) is 0 Å². The van der Waals surface area contributed by atoms with E-state index in [0.29, 0.717) is 0 Å². The molecule has 3 nitrogen and oxygen atoms in total. The molecule has 0 aliphatic rings. The van der Waals surface area contributed by atoms with Crippen LogP contribution in [0.15, 0.2) is 54.7 Å². The first-order chi connectivity index (χ1) is 11.1. The molecule has 0 fully saturated rings. The number of aromatic nitrogens is 1. The normalized spacial score (nSPS) is 13.9. The highest BCUT2D eigenvalue weighted by Crippen LogP contribution is 2.05. The molecule has 2 atom stereocenters. The smallest absolute Gasteiger partial charge is 0.0446 e. The van der Waals surface area contributed by atoms with Crippen molar-refractivity contribution in [1.29, 1.82) is 0 Å². The van der Waals surface area contributed by atoms with Gasteiger partial charge in [-0.25, -0.2) is 0 Å². The van der Waals surface area contributed by atoms with Crippen molar-refractivity contribution in [3.05, 3.63) is 66.0 Å². The molecule has 0 saturated heterocycles. The lowest BCUT2D eigenvalue weighted by Gasteiger charge is -2.20. The second-order valence-electron chi connectivity index (χ2n) is 5.96. The Hall–Kier alpha value is -1.52. The third-order valence-electron chi connectivity index (χ3n) is 3.93. The summed E-state index contributed by atoms with van der Waals surface area (Å²) >= 11 is 0. The minimum absolute atomic E-state index is 0.187. The summed E-state index contributed by atoms with van der Waals surface area (Å²) in [5, 5.41) is 0.187. The number of aryl methyl sites for hydroxylation is 1. The maximum atomic E-state index is 12.4. The Balaban J connectivity index is 1.70. The topological polar surface area (TPSA) is 33.2 Å². The van der Waals surface area contributed by atoms with Crippen LogP contribution in [0.3, 0.4) is 0 Å². The van der Waals surface area contributed by atoms with Crippen LogP contribution in [0, 0.1) is 0 Å². The van der Waals surface area contributed by atoms with E-state index in [4.69, 9.17) is 0 Å². The fourth-order valence-corrected chi connectivity index (χ4v) is 3.79. The first kappa shape index (κ1) is 17.8. The maximum absolute atomic E-state index is 12.4. The minimum Gasteiger partial charge on any atom is -0.305 e. The summed E-state index contributed by atoms with van der Waals surface area (Å²) < 4.78 is 12.4. The third-order valence-corrected chi connectivity index (χ3v) is 5.58. The Bertz CT molecular complexity index is 589. The minimum atomic E-state index is -0.791. The van der Waals surface area contributed by atoms with Crippen LogP contribution in [0.4, 0.5) is 0 Å². The van der Waals surface area contributed by atoms with Crippen molar-refractivity contribution < 1.29 is 4.21 Å². The summed E-state index contributed by atoms with van der Waals surface area (Å²) in [5.41, 5.74) is 2.37. The van der Waals surface area contributed by atoms with Gasteiger partial charge in [0.05, 0.1) is 0 Å². The molecule has 2 aromatic rings. The molecule has 0 bridgehead atoms. The molecule has 0 aliphatic heterocycles. The molecule has 23 heavy (non-hydrogen) atoms. The van der Waals surface area contributed by atoms with Crippen molar-refractivity contribution in [2.75, 3.05) is 25.9 Å². The SMILES string of the molecule is CC(CN(C)CCc1ccccn1)S(=O)CCc1ccccc1. The van der Waals surface area contributed by atoms with Crippen molar-refractivity contribution in [2.45, 2.75) is 25.0 Å². The van der Waals surface area contributed by atoms with Gasteiger partial charge in [0.25, 0.3) is 0 Å². The lowest BCUT2D eigenvalue weighted by atomic mass is 10.2. The van der Waals surface area contributed by atoms with Gasteiger partial charge in [0.2, 0.25) is 0 Å². The standard InChI is InChI=1S/C19H26N2OS/c1-17(23(22)15-12-18-8-4-3-5-9-18)16-21(2)14-11-19-10-6-7-13-20-19/h3-10,13,17H,11-12,14-16H2,1-2H3. The molecule has 1 aromatic carbocycles. The molecule has 2 unspecified atom stereocenters. The summed E-state index contributed by atoms with van der Waals surface area (Å²) in [6, 6.07) is 16.3. The largest absolute Gasteiger partial charge is 0.305 e. The molecule has 1 aromatic heterocycles. The monoisotopic (exact) mass is 330 g/mol. The average Bonchev–Trinajstić information content (AvgIpc) is 2.59. The van der Waals surface area contributed by atoms with E-state index < -0.39 is 10.8 Å². The first-order valence-electron chi connectivity index (χ1n) is 8.14. The van der Waals surface area contributed by atoms with Crippen molar-refractivity contribution in [3.8, 4) is 0 Å². The molecular formula is C19H26N2OS. The molecule has 0 spiro atoms. The molecule has 0 N–H and O–H groups in total. The first-order valence-corrected chi connectivity index (χ1v) is 9.53. The highest BCUT2D eigenvalue weighted by atomic mass is 32.2. The van der Waals surface area contributed by atoms with Gasteiger partial charge in [-0.2, -0.15) is 0 Å². The van der Waals surface area contributed by atoms with Crippen LogP contribution >= 0.6 is 0 Å². The summed E-state index contributed by atoms with van der Waals surface area (Å²) in [6.07, 6.45) is 3.65. The number of hydrogen-bond acceptors (Lipinski definition) is 3. The number of likely N-dealkylation sites (N-methyl/N-ethyl adjacent to an activating group) is 1. The number of nitrogens with zero attached hydrogens (tertiary/aromatic N) is 2. The molecule has 1 heterocycles. The molecule has 0 saturated carbocycles. The van der Waals surface area contributed by atoms with Gasteiger partial charge in [-0.15, -0.1) is 0 Å². The molecule has 0 aliphatic carbocycles. The average molecular weight is 330 g/mol. The van der Waals surface area contributed by atoms with Crippen LogP contribution in [0.25, 0.3) is 0 Å². The van der Waals surface area contributed by atoms with Crippen LogP contribution in [0.2, 0.25) is 0 Å². The summed E-state index contributed by atoms with van der Waals surface area (Å²) in [6.45, 7) is 3.88. The van der Waals surface area contributed by atoms with E-state index in [2.05, 4.69) is 42.1 Å². The Labute approximate surface area is 142 Å². The molecular weight excluding hydrogens is 304 g/mol. The van der Waals surface area contributed by atoms with Crippen LogP contribution in [0.5, 0.6) is 0 Å². The maximum Gasteiger partial charge on any atom is 0.0446 e. The Morgan fingerprint density at radius 2 is 1.83 bits per heavy atom. The Morgan fingerprint density at radius 1 is 1.09 bits per heavy atom. The predicted octanol–water partition coefficient (Wildman–Crippen LogP) is 2.94. The Kier molecular flexibility index (Phi) is 7.43. The van der Waals surface area contributed by atoms with Crippen LogP contribution < -0.4 is 0 Å². The third kappa shape index (κ3) is 6.63. The summed E-state index contributed by atoms with van der Waals surface area (Å²) in [7, 11) is 1.30. The van der Waals surface area contributed by atoms with Gasteiger partial charge in [-0.3, -0.25) is 9.19 Å². The summed E-state index contributed by atoms with van der Waals surface area (Å²) in [5.74, 6) is 0.735. The van der Waals surface area contributed by atoms with Crippen LogP contribution in [-0.4, -0.2) is 45.2 Å². The van der Waals surface area contributed by atoms with E-state index in [-0.39, 0.29) is 5.25 Å². The predicted molar refractivity (Wildman–Crippen MR) is 98.1 cm³/mol. The van der Waals surface area contributed by atoms with Gasteiger partial charge >= 0.3 is 0 Å². The van der Waals surface area contributed by atoms with Crippen molar-refractivity contribution in [2.24, 2.45) is 0 Å². The van der Waals surface area contributed by atoms with E-state index in [1.54, 1.807) is 0 Å².